The largest absolute Gasteiger partial charge is 0.433 e. The molecule has 4 rings (SSSR count). The number of rotatable bonds is 5. The number of hydrogen-bond acceptors (Lipinski definition) is 3. The second-order valence-electron chi connectivity index (χ2n) is 7.27. The van der Waals surface area contributed by atoms with Crippen molar-refractivity contribution >= 4 is 5.91 Å². The van der Waals surface area contributed by atoms with Crippen LogP contribution >= 0.6 is 0 Å². The summed E-state index contributed by atoms with van der Waals surface area (Å²) in [5, 5.41) is 7.36. The van der Waals surface area contributed by atoms with Gasteiger partial charge in [-0.1, -0.05) is 54.1 Å². The Morgan fingerprint density at radius 2 is 1.72 bits per heavy atom. The molecule has 2 heterocycles. The summed E-state index contributed by atoms with van der Waals surface area (Å²) in [5.41, 5.74) is 3.04. The van der Waals surface area contributed by atoms with Crippen molar-refractivity contribution in [3.8, 4) is 16.9 Å². The van der Waals surface area contributed by atoms with Crippen LogP contribution in [0.3, 0.4) is 0 Å². The molecule has 0 bridgehead atoms. The van der Waals surface area contributed by atoms with Crippen molar-refractivity contribution in [2.45, 2.75) is 19.6 Å². The first-order valence-corrected chi connectivity index (χ1v) is 9.84. The molecular weight excluding hydrogens is 417 g/mol. The fourth-order valence-corrected chi connectivity index (χ4v) is 3.15. The molecule has 2 aromatic carbocycles. The molecule has 162 valence electrons. The smallest absolute Gasteiger partial charge is 0.348 e. The second-order valence-corrected chi connectivity index (χ2v) is 7.27. The zero-order chi connectivity index (χ0) is 22.7. The van der Waals surface area contributed by atoms with E-state index in [2.05, 4.69) is 15.4 Å². The van der Waals surface area contributed by atoms with Gasteiger partial charge < -0.3 is 5.32 Å². The number of hydrogen-bond donors (Lipinski definition) is 1. The van der Waals surface area contributed by atoms with Gasteiger partial charge in [-0.15, -0.1) is 0 Å². The van der Waals surface area contributed by atoms with Gasteiger partial charge in [0.15, 0.2) is 0 Å². The molecule has 0 spiro atoms. The Balaban J connectivity index is 1.59. The predicted molar refractivity (Wildman–Crippen MR) is 114 cm³/mol. The van der Waals surface area contributed by atoms with Crippen LogP contribution in [0.4, 0.5) is 13.2 Å². The molecule has 1 N–H and O–H groups in total. The highest BCUT2D eigenvalue weighted by molar-refractivity contribution is 5.99. The standard InChI is InChI=1S/C24H19F3N4O/c1-16-7-10-19(11-8-16)31-15-20(22(30-31)18-5-3-2-4-6-18)23(32)29-14-17-9-12-21(28-13-17)24(25,26)27/h2-13,15H,14H2,1H3,(H,29,32). The van der Waals surface area contributed by atoms with E-state index in [1.165, 1.54) is 6.07 Å². The van der Waals surface area contributed by atoms with E-state index in [1.54, 1.807) is 10.9 Å². The Bertz CT molecular complexity index is 1220. The van der Waals surface area contributed by atoms with Gasteiger partial charge in [-0.05, 0) is 30.7 Å². The molecule has 0 unspecified atom stereocenters. The number of aromatic nitrogens is 3. The minimum atomic E-state index is -4.50. The molecule has 5 nitrogen and oxygen atoms in total. The molecule has 0 aliphatic rings. The van der Waals surface area contributed by atoms with Crippen LogP contribution in [0, 0.1) is 6.92 Å². The molecule has 0 fully saturated rings. The summed E-state index contributed by atoms with van der Waals surface area (Å²) in [4.78, 5) is 16.4. The molecule has 2 aromatic heterocycles. The van der Waals surface area contributed by atoms with Crippen molar-refractivity contribution in [2.24, 2.45) is 0 Å². The van der Waals surface area contributed by atoms with Gasteiger partial charge in [0, 0.05) is 24.5 Å². The zero-order valence-electron chi connectivity index (χ0n) is 17.1. The number of pyridine rings is 1. The number of nitrogens with zero attached hydrogens (tertiary/aromatic N) is 3. The molecule has 32 heavy (non-hydrogen) atoms. The lowest BCUT2D eigenvalue weighted by atomic mass is 10.1. The molecule has 0 aliphatic carbocycles. The third-order valence-electron chi connectivity index (χ3n) is 4.87. The Kier molecular flexibility index (Phi) is 5.77. The number of carbonyl (C=O) groups is 1. The summed E-state index contributed by atoms with van der Waals surface area (Å²) in [6.45, 7) is 2.02. The molecule has 4 aromatic rings. The van der Waals surface area contributed by atoms with Crippen LogP contribution in [-0.4, -0.2) is 20.7 Å². The zero-order valence-corrected chi connectivity index (χ0v) is 17.1. The third-order valence-corrected chi connectivity index (χ3v) is 4.87. The van der Waals surface area contributed by atoms with Crippen LogP contribution in [0.2, 0.25) is 0 Å². The van der Waals surface area contributed by atoms with Gasteiger partial charge in [0.1, 0.15) is 11.4 Å². The van der Waals surface area contributed by atoms with Gasteiger partial charge in [0.2, 0.25) is 0 Å². The Morgan fingerprint density at radius 3 is 2.34 bits per heavy atom. The van der Waals surface area contributed by atoms with Crippen molar-refractivity contribution in [1.82, 2.24) is 20.1 Å². The normalized spacial score (nSPS) is 11.4. The summed E-state index contributed by atoms with van der Waals surface area (Å²) in [7, 11) is 0. The lowest BCUT2D eigenvalue weighted by molar-refractivity contribution is -0.141. The first-order chi connectivity index (χ1) is 15.3. The van der Waals surface area contributed by atoms with Gasteiger partial charge in [-0.2, -0.15) is 18.3 Å². The highest BCUT2D eigenvalue weighted by atomic mass is 19.4. The highest BCUT2D eigenvalue weighted by Gasteiger charge is 2.32. The number of aryl methyl sites for hydroxylation is 1. The summed E-state index contributed by atoms with van der Waals surface area (Å²) in [6.07, 6.45) is -1.75. The highest BCUT2D eigenvalue weighted by Crippen LogP contribution is 2.27. The van der Waals surface area contributed by atoms with E-state index < -0.39 is 11.9 Å². The molecule has 0 saturated carbocycles. The Hall–Kier alpha value is -3.94. The topological polar surface area (TPSA) is 59.8 Å². The summed E-state index contributed by atoms with van der Waals surface area (Å²) in [5.74, 6) is -0.387. The van der Waals surface area contributed by atoms with E-state index in [1.807, 2.05) is 61.5 Å². The van der Waals surface area contributed by atoms with Crippen molar-refractivity contribution in [3.63, 3.8) is 0 Å². The number of benzene rings is 2. The molecule has 0 saturated heterocycles. The maximum Gasteiger partial charge on any atom is 0.433 e. The van der Waals surface area contributed by atoms with Crippen LogP contribution in [0.1, 0.15) is 27.2 Å². The van der Waals surface area contributed by atoms with E-state index >= 15 is 0 Å². The molecule has 8 heteroatoms. The van der Waals surface area contributed by atoms with E-state index in [9.17, 15) is 18.0 Å². The fraction of sp³-hybridized carbons (Fsp3) is 0.125. The summed E-state index contributed by atoms with van der Waals surface area (Å²) < 4.78 is 39.7. The van der Waals surface area contributed by atoms with Gasteiger partial charge in [0.25, 0.3) is 5.91 Å². The van der Waals surface area contributed by atoms with Crippen LogP contribution < -0.4 is 5.32 Å². The molecule has 0 atom stereocenters. The molecule has 0 aliphatic heterocycles. The maximum atomic E-state index is 13.0. The summed E-state index contributed by atoms with van der Waals surface area (Å²) in [6, 6.07) is 19.2. The lowest BCUT2D eigenvalue weighted by Gasteiger charge is -2.08. The average Bonchev–Trinajstić information content (AvgIpc) is 3.24. The predicted octanol–water partition coefficient (Wildman–Crippen LogP) is 5.19. The number of nitrogens with one attached hydrogen (secondary N) is 1. The van der Waals surface area contributed by atoms with Crippen molar-refractivity contribution < 1.29 is 18.0 Å². The summed E-state index contributed by atoms with van der Waals surface area (Å²) >= 11 is 0. The number of amides is 1. The Labute approximate surface area is 182 Å². The van der Waals surface area contributed by atoms with Gasteiger partial charge in [-0.25, -0.2) is 4.68 Å². The SMILES string of the molecule is Cc1ccc(-n2cc(C(=O)NCc3ccc(C(F)(F)F)nc3)c(-c3ccccc3)n2)cc1. The second kappa shape index (κ2) is 8.66. The van der Waals surface area contributed by atoms with Crippen LogP contribution in [-0.2, 0) is 12.7 Å². The van der Waals surface area contributed by atoms with Gasteiger partial charge in [0.05, 0.1) is 11.3 Å². The van der Waals surface area contributed by atoms with Crippen LogP contribution in [0.25, 0.3) is 16.9 Å². The van der Waals surface area contributed by atoms with Crippen molar-refractivity contribution in [2.75, 3.05) is 0 Å². The van der Waals surface area contributed by atoms with E-state index in [0.717, 1.165) is 29.1 Å². The Morgan fingerprint density at radius 1 is 1.00 bits per heavy atom. The van der Waals surface area contributed by atoms with Crippen LogP contribution in [0.5, 0.6) is 0 Å². The number of carbonyl (C=O) groups excluding carboxylic acids is 1. The maximum absolute atomic E-state index is 13.0. The lowest BCUT2D eigenvalue weighted by Crippen LogP contribution is -2.23. The monoisotopic (exact) mass is 436 g/mol. The van der Waals surface area contributed by atoms with Gasteiger partial charge >= 0.3 is 6.18 Å². The van der Waals surface area contributed by atoms with Crippen molar-refractivity contribution in [1.29, 1.82) is 0 Å². The minimum Gasteiger partial charge on any atom is -0.348 e. The molecule has 1 amide bonds. The van der Waals surface area contributed by atoms with Crippen molar-refractivity contribution in [3.05, 3.63) is 102 Å². The molecule has 0 radical (unpaired) electrons. The average molecular weight is 436 g/mol. The van der Waals surface area contributed by atoms with Gasteiger partial charge in [-0.3, -0.25) is 9.78 Å². The fourth-order valence-electron chi connectivity index (χ4n) is 3.15. The first kappa shape index (κ1) is 21.3. The minimum absolute atomic E-state index is 0.0356. The van der Waals surface area contributed by atoms with Crippen LogP contribution in [0.15, 0.2) is 79.1 Å². The number of alkyl halides is 3. The number of halogens is 3. The van der Waals surface area contributed by atoms with E-state index in [4.69, 9.17) is 0 Å². The molecular formula is C24H19F3N4O. The van der Waals surface area contributed by atoms with E-state index in [-0.39, 0.29) is 12.5 Å². The van der Waals surface area contributed by atoms with E-state index in [0.29, 0.717) is 16.8 Å². The quantitative estimate of drug-likeness (QED) is 0.468. The third kappa shape index (κ3) is 4.69. The first-order valence-electron chi connectivity index (χ1n) is 9.84.